The molecule has 0 bridgehead atoms. The molecule has 2 aromatic rings. The normalized spacial score (nSPS) is 16.1. The standard InChI is InChI=1S/C17H17BrN4OS/c1-3-11-7-5-6-8-15(11)22-16(23)14(19-17(22)24)9-13-12(18)10-21(4-2)20-13/h5-10H,3-4H2,1-2H3,(H,19,24)/b14-9+. The Hall–Kier alpha value is -1.99. The van der Waals surface area contributed by atoms with E-state index in [0.29, 0.717) is 16.5 Å². The first kappa shape index (κ1) is 16.9. The molecule has 1 aromatic carbocycles. The van der Waals surface area contributed by atoms with Gasteiger partial charge in [0.05, 0.1) is 10.2 Å². The van der Waals surface area contributed by atoms with Crippen LogP contribution in [0.15, 0.2) is 40.6 Å². The summed E-state index contributed by atoms with van der Waals surface area (Å²) in [5.41, 5.74) is 3.02. The molecule has 1 aromatic heterocycles. The van der Waals surface area contributed by atoms with E-state index in [1.807, 2.05) is 37.4 Å². The van der Waals surface area contributed by atoms with Gasteiger partial charge in [-0.05, 0) is 59.2 Å². The minimum Gasteiger partial charge on any atom is -0.327 e. The molecule has 1 aliphatic rings. The number of anilines is 1. The monoisotopic (exact) mass is 404 g/mol. The van der Waals surface area contributed by atoms with Crippen LogP contribution in [0.3, 0.4) is 0 Å². The first-order valence-electron chi connectivity index (χ1n) is 7.73. The van der Waals surface area contributed by atoms with Crippen LogP contribution in [-0.2, 0) is 17.8 Å². The average Bonchev–Trinajstić information content (AvgIpc) is 3.07. The van der Waals surface area contributed by atoms with Crippen LogP contribution in [0.1, 0.15) is 25.1 Å². The third kappa shape index (κ3) is 3.01. The number of para-hydroxylation sites is 1. The number of nitrogens with one attached hydrogen (secondary N) is 1. The van der Waals surface area contributed by atoms with Gasteiger partial charge in [0, 0.05) is 12.7 Å². The van der Waals surface area contributed by atoms with E-state index in [9.17, 15) is 4.79 Å². The van der Waals surface area contributed by atoms with Crippen molar-refractivity contribution in [3.05, 3.63) is 51.9 Å². The minimum absolute atomic E-state index is 0.168. The minimum atomic E-state index is -0.168. The van der Waals surface area contributed by atoms with Crippen molar-refractivity contribution in [1.82, 2.24) is 15.1 Å². The number of aromatic nitrogens is 2. The van der Waals surface area contributed by atoms with Crippen LogP contribution < -0.4 is 10.2 Å². The Morgan fingerprint density at radius 3 is 2.75 bits per heavy atom. The molecule has 1 aliphatic heterocycles. The Labute approximate surface area is 154 Å². The third-order valence-electron chi connectivity index (χ3n) is 3.84. The van der Waals surface area contributed by atoms with Crippen molar-refractivity contribution in [3.8, 4) is 0 Å². The molecule has 1 fully saturated rings. The predicted molar refractivity (Wildman–Crippen MR) is 103 cm³/mol. The zero-order valence-corrected chi connectivity index (χ0v) is 15.8. The fourth-order valence-electron chi connectivity index (χ4n) is 2.59. The number of nitrogens with zero attached hydrogens (tertiary/aromatic N) is 3. The van der Waals surface area contributed by atoms with Crippen molar-refractivity contribution < 1.29 is 4.79 Å². The van der Waals surface area contributed by atoms with E-state index in [-0.39, 0.29) is 5.91 Å². The topological polar surface area (TPSA) is 50.2 Å². The van der Waals surface area contributed by atoms with Gasteiger partial charge in [-0.3, -0.25) is 14.4 Å². The maximum absolute atomic E-state index is 12.8. The number of carbonyl (C=O) groups is 1. The lowest BCUT2D eigenvalue weighted by Crippen LogP contribution is -2.31. The number of benzene rings is 1. The van der Waals surface area contributed by atoms with Crippen LogP contribution in [0.2, 0.25) is 0 Å². The zero-order valence-electron chi connectivity index (χ0n) is 13.4. The molecule has 124 valence electrons. The van der Waals surface area contributed by atoms with Gasteiger partial charge < -0.3 is 5.32 Å². The number of hydrogen-bond acceptors (Lipinski definition) is 3. The lowest BCUT2D eigenvalue weighted by molar-refractivity contribution is -0.113. The Balaban J connectivity index is 1.97. The number of hydrogen-bond donors (Lipinski definition) is 1. The summed E-state index contributed by atoms with van der Waals surface area (Å²) in [4.78, 5) is 14.4. The molecule has 0 spiro atoms. The van der Waals surface area contributed by atoms with Gasteiger partial charge in [0.2, 0.25) is 0 Å². The van der Waals surface area contributed by atoms with Crippen molar-refractivity contribution in [2.45, 2.75) is 26.8 Å². The summed E-state index contributed by atoms with van der Waals surface area (Å²) in [5.74, 6) is -0.168. The van der Waals surface area contributed by atoms with E-state index in [0.717, 1.165) is 28.7 Å². The summed E-state index contributed by atoms with van der Waals surface area (Å²) in [6.45, 7) is 4.83. The van der Waals surface area contributed by atoms with Crippen molar-refractivity contribution in [2.75, 3.05) is 4.90 Å². The molecule has 1 N–H and O–H groups in total. The van der Waals surface area contributed by atoms with E-state index in [1.165, 1.54) is 0 Å². The van der Waals surface area contributed by atoms with Crippen molar-refractivity contribution in [3.63, 3.8) is 0 Å². The van der Waals surface area contributed by atoms with Crippen molar-refractivity contribution >= 4 is 50.9 Å². The van der Waals surface area contributed by atoms with E-state index >= 15 is 0 Å². The second kappa shape index (κ2) is 6.86. The summed E-state index contributed by atoms with van der Waals surface area (Å²) in [6, 6.07) is 7.79. The zero-order chi connectivity index (χ0) is 17.3. The molecule has 5 nitrogen and oxygen atoms in total. The van der Waals surface area contributed by atoms with Crippen LogP contribution in [0, 0.1) is 0 Å². The van der Waals surface area contributed by atoms with Crippen LogP contribution in [0.5, 0.6) is 0 Å². The molecule has 7 heteroatoms. The first-order chi connectivity index (χ1) is 11.5. The van der Waals surface area contributed by atoms with Gasteiger partial charge in [0.1, 0.15) is 11.4 Å². The Kier molecular flexibility index (Phi) is 4.82. The van der Waals surface area contributed by atoms with E-state index in [1.54, 1.807) is 15.7 Å². The summed E-state index contributed by atoms with van der Waals surface area (Å²) >= 11 is 8.85. The fraction of sp³-hybridized carbons (Fsp3) is 0.235. The molecule has 0 radical (unpaired) electrons. The van der Waals surface area contributed by atoms with Crippen LogP contribution in [0.4, 0.5) is 5.69 Å². The summed E-state index contributed by atoms with van der Waals surface area (Å²) in [5, 5.41) is 7.81. The average molecular weight is 405 g/mol. The molecule has 24 heavy (non-hydrogen) atoms. The lowest BCUT2D eigenvalue weighted by atomic mass is 10.1. The highest BCUT2D eigenvalue weighted by Crippen LogP contribution is 2.27. The highest BCUT2D eigenvalue weighted by molar-refractivity contribution is 9.10. The van der Waals surface area contributed by atoms with Crippen LogP contribution >= 0.6 is 28.1 Å². The molecular formula is C17H17BrN4OS. The SMILES string of the molecule is CCc1ccccc1N1C(=O)/C(=C\c2nn(CC)cc2Br)NC1=S. The Morgan fingerprint density at radius 2 is 2.08 bits per heavy atom. The van der Waals surface area contributed by atoms with E-state index in [4.69, 9.17) is 12.2 Å². The van der Waals surface area contributed by atoms with Gasteiger partial charge in [-0.15, -0.1) is 0 Å². The largest absolute Gasteiger partial charge is 0.327 e. The number of aryl methyl sites for hydroxylation is 2. The predicted octanol–water partition coefficient (Wildman–Crippen LogP) is 3.49. The van der Waals surface area contributed by atoms with Gasteiger partial charge in [-0.2, -0.15) is 5.10 Å². The van der Waals surface area contributed by atoms with Gasteiger partial charge in [-0.1, -0.05) is 25.1 Å². The molecule has 0 saturated carbocycles. The lowest BCUT2D eigenvalue weighted by Gasteiger charge is -2.17. The Bertz CT molecular complexity index is 843. The highest BCUT2D eigenvalue weighted by Gasteiger charge is 2.33. The number of amides is 1. The second-order valence-corrected chi connectivity index (χ2v) is 6.57. The van der Waals surface area contributed by atoms with Gasteiger partial charge in [0.25, 0.3) is 5.91 Å². The molecule has 0 aliphatic carbocycles. The van der Waals surface area contributed by atoms with Crippen LogP contribution in [0.25, 0.3) is 6.08 Å². The molecule has 0 unspecified atom stereocenters. The second-order valence-electron chi connectivity index (χ2n) is 5.33. The Morgan fingerprint density at radius 1 is 1.33 bits per heavy atom. The number of rotatable bonds is 4. The van der Waals surface area contributed by atoms with Gasteiger partial charge in [0.15, 0.2) is 5.11 Å². The van der Waals surface area contributed by atoms with E-state index < -0.39 is 0 Å². The summed E-state index contributed by atoms with van der Waals surface area (Å²) < 4.78 is 2.64. The molecule has 3 rings (SSSR count). The number of thiocarbonyl (C=S) groups is 1. The molecular weight excluding hydrogens is 388 g/mol. The third-order valence-corrected chi connectivity index (χ3v) is 4.74. The van der Waals surface area contributed by atoms with Crippen molar-refractivity contribution in [2.24, 2.45) is 0 Å². The summed E-state index contributed by atoms with van der Waals surface area (Å²) in [7, 11) is 0. The number of carbonyl (C=O) groups excluding carboxylic acids is 1. The molecule has 2 heterocycles. The van der Waals surface area contributed by atoms with Crippen molar-refractivity contribution in [1.29, 1.82) is 0 Å². The van der Waals surface area contributed by atoms with E-state index in [2.05, 4.69) is 33.3 Å². The fourth-order valence-corrected chi connectivity index (χ4v) is 3.31. The molecule has 1 amide bonds. The number of halogens is 1. The molecule has 0 atom stereocenters. The maximum atomic E-state index is 12.8. The quantitative estimate of drug-likeness (QED) is 0.625. The van der Waals surface area contributed by atoms with Gasteiger partial charge in [-0.25, -0.2) is 0 Å². The first-order valence-corrected chi connectivity index (χ1v) is 8.93. The van der Waals surface area contributed by atoms with Crippen LogP contribution in [-0.4, -0.2) is 20.8 Å². The maximum Gasteiger partial charge on any atom is 0.281 e. The smallest absolute Gasteiger partial charge is 0.281 e. The van der Waals surface area contributed by atoms with Gasteiger partial charge >= 0.3 is 0 Å². The summed E-state index contributed by atoms with van der Waals surface area (Å²) in [6.07, 6.45) is 4.43. The molecule has 1 saturated heterocycles. The highest BCUT2D eigenvalue weighted by atomic mass is 79.9.